The SMILES string of the molecule is O=C(CSc1nc2ccccc2c(=O)n1Cc1ccco1)c1ccc2c(c1)OCCO2. The number of hydrogen-bond donors (Lipinski definition) is 0. The molecule has 0 atom stereocenters. The first-order valence-corrected chi connectivity index (χ1v) is 10.8. The number of aromatic nitrogens is 2. The summed E-state index contributed by atoms with van der Waals surface area (Å²) in [5, 5.41) is 0.988. The van der Waals surface area contributed by atoms with Gasteiger partial charge in [-0.05, 0) is 42.5 Å². The van der Waals surface area contributed by atoms with E-state index in [4.69, 9.17) is 13.9 Å². The van der Waals surface area contributed by atoms with Gasteiger partial charge in [-0.1, -0.05) is 23.9 Å². The van der Waals surface area contributed by atoms with E-state index in [2.05, 4.69) is 4.98 Å². The van der Waals surface area contributed by atoms with Crippen molar-refractivity contribution in [1.82, 2.24) is 9.55 Å². The number of nitrogens with zero attached hydrogens (tertiary/aromatic N) is 2. The molecular weight excluding hydrogens is 416 g/mol. The van der Waals surface area contributed by atoms with Crippen molar-refractivity contribution in [3.8, 4) is 11.5 Å². The quantitative estimate of drug-likeness (QED) is 0.259. The van der Waals surface area contributed by atoms with Crippen molar-refractivity contribution in [2.45, 2.75) is 11.7 Å². The van der Waals surface area contributed by atoms with Crippen LogP contribution in [0.5, 0.6) is 11.5 Å². The molecule has 0 amide bonds. The maximum atomic E-state index is 13.1. The molecule has 0 N–H and O–H groups in total. The summed E-state index contributed by atoms with van der Waals surface area (Å²) >= 11 is 1.23. The van der Waals surface area contributed by atoms with Gasteiger partial charge >= 0.3 is 0 Å². The number of furan rings is 1. The van der Waals surface area contributed by atoms with Gasteiger partial charge in [0.15, 0.2) is 22.4 Å². The number of para-hydroxylation sites is 1. The van der Waals surface area contributed by atoms with Gasteiger partial charge in [-0.3, -0.25) is 14.2 Å². The molecule has 5 rings (SSSR count). The van der Waals surface area contributed by atoms with Crippen LogP contribution in [-0.2, 0) is 6.54 Å². The molecule has 0 fully saturated rings. The fraction of sp³-hybridized carbons (Fsp3) is 0.174. The minimum absolute atomic E-state index is 0.0890. The van der Waals surface area contributed by atoms with Crippen molar-refractivity contribution in [2.24, 2.45) is 0 Å². The summed E-state index contributed by atoms with van der Waals surface area (Å²) in [7, 11) is 0. The molecule has 7 nitrogen and oxygen atoms in total. The minimum atomic E-state index is -0.170. The first-order valence-electron chi connectivity index (χ1n) is 9.76. The number of fused-ring (bicyclic) bond motifs is 2. The molecule has 2 aromatic carbocycles. The van der Waals surface area contributed by atoms with Crippen LogP contribution in [0.2, 0.25) is 0 Å². The highest BCUT2D eigenvalue weighted by Gasteiger charge is 2.18. The van der Waals surface area contributed by atoms with E-state index >= 15 is 0 Å². The maximum absolute atomic E-state index is 13.1. The standard InChI is InChI=1S/C23H18N2O5S/c26-19(15-7-8-20-21(12-15)30-11-10-29-20)14-31-23-24-18-6-2-1-5-17(18)22(27)25(23)13-16-4-3-9-28-16/h1-9,12H,10-11,13-14H2. The molecule has 0 radical (unpaired) electrons. The summed E-state index contributed by atoms with van der Waals surface area (Å²) in [6.07, 6.45) is 1.56. The highest BCUT2D eigenvalue weighted by Crippen LogP contribution is 2.31. The van der Waals surface area contributed by atoms with Gasteiger partial charge in [-0.25, -0.2) is 4.98 Å². The molecule has 31 heavy (non-hydrogen) atoms. The van der Waals surface area contributed by atoms with Crippen LogP contribution in [0.4, 0.5) is 0 Å². The first kappa shape index (κ1) is 19.4. The van der Waals surface area contributed by atoms with E-state index in [0.717, 1.165) is 0 Å². The Kier molecular flexibility index (Phi) is 5.21. The summed E-state index contributed by atoms with van der Waals surface area (Å²) in [5.74, 6) is 1.88. The topological polar surface area (TPSA) is 83.6 Å². The van der Waals surface area contributed by atoms with Crippen LogP contribution >= 0.6 is 11.8 Å². The molecule has 0 unspecified atom stereocenters. The molecule has 3 heterocycles. The molecule has 0 aliphatic carbocycles. The molecule has 1 aliphatic heterocycles. The fourth-order valence-corrected chi connectivity index (χ4v) is 4.28. The van der Waals surface area contributed by atoms with E-state index in [1.54, 1.807) is 59.4 Å². The molecule has 0 saturated carbocycles. The number of hydrogen-bond acceptors (Lipinski definition) is 7. The van der Waals surface area contributed by atoms with Crippen molar-refractivity contribution < 1.29 is 18.7 Å². The number of Topliss-reactive ketones (excluding diaryl/α,β-unsaturated/α-hetero) is 1. The Hall–Kier alpha value is -3.52. The third-order valence-corrected chi connectivity index (χ3v) is 5.89. The molecular formula is C23H18N2O5S. The average Bonchev–Trinajstić information content (AvgIpc) is 3.32. The molecule has 156 valence electrons. The van der Waals surface area contributed by atoms with Gasteiger partial charge in [0.05, 0.1) is 29.5 Å². The molecule has 2 aromatic heterocycles. The van der Waals surface area contributed by atoms with Crippen molar-refractivity contribution >= 4 is 28.4 Å². The van der Waals surface area contributed by atoms with Crippen molar-refractivity contribution in [1.29, 1.82) is 0 Å². The lowest BCUT2D eigenvalue weighted by Gasteiger charge is -2.18. The summed E-state index contributed by atoms with van der Waals surface area (Å²) < 4.78 is 18.0. The fourth-order valence-electron chi connectivity index (χ4n) is 3.39. The van der Waals surface area contributed by atoms with E-state index in [9.17, 15) is 9.59 Å². The van der Waals surface area contributed by atoms with E-state index in [1.807, 2.05) is 6.07 Å². The highest BCUT2D eigenvalue weighted by atomic mass is 32.2. The second-order valence-electron chi connectivity index (χ2n) is 6.95. The van der Waals surface area contributed by atoms with Gasteiger partial charge in [0.25, 0.3) is 5.56 Å². The number of thioether (sulfide) groups is 1. The van der Waals surface area contributed by atoms with Gasteiger partial charge < -0.3 is 13.9 Å². The zero-order valence-corrected chi connectivity index (χ0v) is 17.3. The third kappa shape index (κ3) is 3.94. The third-order valence-electron chi connectivity index (χ3n) is 4.92. The lowest BCUT2D eigenvalue weighted by molar-refractivity contribution is 0.102. The summed E-state index contributed by atoms with van der Waals surface area (Å²) in [5.41, 5.74) is 0.950. The van der Waals surface area contributed by atoms with Gasteiger partial charge in [0.1, 0.15) is 19.0 Å². The second-order valence-corrected chi connectivity index (χ2v) is 7.89. The van der Waals surface area contributed by atoms with Crippen LogP contribution < -0.4 is 15.0 Å². The molecule has 1 aliphatic rings. The van der Waals surface area contributed by atoms with Gasteiger partial charge in [0, 0.05) is 5.56 Å². The second kappa shape index (κ2) is 8.31. The monoisotopic (exact) mass is 434 g/mol. The van der Waals surface area contributed by atoms with Crippen LogP contribution in [0.3, 0.4) is 0 Å². The Bertz CT molecular complexity index is 1310. The predicted molar refractivity (Wildman–Crippen MR) is 116 cm³/mol. The number of ketones is 1. The summed E-state index contributed by atoms with van der Waals surface area (Å²) in [4.78, 5) is 30.6. The molecule has 4 aromatic rings. The van der Waals surface area contributed by atoms with Gasteiger partial charge in [-0.2, -0.15) is 0 Å². The number of rotatable bonds is 6. The van der Waals surface area contributed by atoms with E-state index in [0.29, 0.717) is 52.1 Å². The maximum Gasteiger partial charge on any atom is 0.262 e. The van der Waals surface area contributed by atoms with Gasteiger partial charge in [-0.15, -0.1) is 0 Å². The normalized spacial score (nSPS) is 12.8. The van der Waals surface area contributed by atoms with Gasteiger partial charge in [0.2, 0.25) is 0 Å². The van der Waals surface area contributed by atoms with E-state index in [1.165, 1.54) is 11.8 Å². The lowest BCUT2D eigenvalue weighted by atomic mass is 10.1. The molecule has 8 heteroatoms. The number of carbonyl (C=O) groups is 1. The van der Waals surface area contributed by atoms with E-state index < -0.39 is 0 Å². The Morgan fingerprint density at radius 3 is 2.71 bits per heavy atom. The van der Waals surface area contributed by atoms with Crippen molar-refractivity contribution in [3.05, 3.63) is 82.5 Å². The number of ether oxygens (including phenoxy) is 2. The van der Waals surface area contributed by atoms with Crippen LogP contribution in [0.25, 0.3) is 10.9 Å². The summed E-state index contributed by atoms with van der Waals surface area (Å²) in [6.45, 7) is 1.20. The molecule has 0 spiro atoms. The Morgan fingerprint density at radius 1 is 1.03 bits per heavy atom. The first-order chi connectivity index (χ1) is 15.2. The zero-order valence-electron chi connectivity index (χ0n) is 16.4. The van der Waals surface area contributed by atoms with Crippen LogP contribution in [0, 0.1) is 0 Å². The lowest BCUT2D eigenvalue weighted by Crippen LogP contribution is -2.24. The average molecular weight is 434 g/mol. The largest absolute Gasteiger partial charge is 0.486 e. The number of benzene rings is 2. The van der Waals surface area contributed by atoms with Crippen LogP contribution in [0.1, 0.15) is 16.1 Å². The van der Waals surface area contributed by atoms with E-state index in [-0.39, 0.29) is 23.6 Å². The Balaban J connectivity index is 1.44. The predicted octanol–water partition coefficient (Wildman–Crippen LogP) is 3.78. The zero-order chi connectivity index (χ0) is 21.2. The Labute approximate surface area is 181 Å². The molecule has 0 saturated heterocycles. The summed E-state index contributed by atoms with van der Waals surface area (Å²) in [6, 6.07) is 15.9. The van der Waals surface area contributed by atoms with Crippen molar-refractivity contribution in [3.63, 3.8) is 0 Å². The molecule has 0 bridgehead atoms. The minimum Gasteiger partial charge on any atom is -0.486 e. The number of carbonyl (C=O) groups excluding carboxylic acids is 1. The highest BCUT2D eigenvalue weighted by molar-refractivity contribution is 7.99. The van der Waals surface area contributed by atoms with Crippen LogP contribution in [0.15, 0.2) is 75.2 Å². The Morgan fingerprint density at radius 2 is 1.87 bits per heavy atom. The van der Waals surface area contributed by atoms with Crippen molar-refractivity contribution in [2.75, 3.05) is 19.0 Å². The smallest absolute Gasteiger partial charge is 0.262 e. The van der Waals surface area contributed by atoms with Crippen LogP contribution in [-0.4, -0.2) is 34.3 Å².